The average molecular weight is 420 g/mol. The highest BCUT2D eigenvalue weighted by Gasteiger charge is 2.23. The Labute approximate surface area is 176 Å². The van der Waals surface area contributed by atoms with Crippen LogP contribution in [0, 0.1) is 0 Å². The first-order chi connectivity index (χ1) is 13.8. The molecule has 158 valence electrons. The maximum absolute atomic E-state index is 12.6. The van der Waals surface area contributed by atoms with Gasteiger partial charge in [0.15, 0.2) is 16.6 Å². The van der Waals surface area contributed by atoms with Crippen LogP contribution in [-0.2, 0) is 11.3 Å². The fourth-order valence-electron chi connectivity index (χ4n) is 3.41. The lowest BCUT2D eigenvalue weighted by Crippen LogP contribution is -2.44. The summed E-state index contributed by atoms with van der Waals surface area (Å²) < 4.78 is 16.8. The van der Waals surface area contributed by atoms with Crippen LogP contribution in [0.2, 0.25) is 0 Å². The monoisotopic (exact) mass is 419 g/mol. The van der Waals surface area contributed by atoms with Crippen LogP contribution in [0.5, 0.6) is 11.5 Å². The van der Waals surface area contributed by atoms with E-state index in [2.05, 4.69) is 29.0 Å². The van der Waals surface area contributed by atoms with E-state index < -0.39 is 0 Å². The number of nitrogens with zero attached hydrogens (tertiary/aromatic N) is 2. The van der Waals surface area contributed by atoms with Gasteiger partial charge < -0.3 is 14.2 Å². The predicted octanol–water partition coefficient (Wildman–Crippen LogP) is 3.80. The molecular formula is C21H29N3O4S. The molecule has 0 unspecified atom stereocenters. The van der Waals surface area contributed by atoms with Gasteiger partial charge in [-0.2, -0.15) is 0 Å². The van der Waals surface area contributed by atoms with E-state index in [-0.39, 0.29) is 24.2 Å². The quantitative estimate of drug-likeness (QED) is 0.736. The molecule has 2 heterocycles. The van der Waals surface area contributed by atoms with Crippen molar-refractivity contribution in [3.05, 3.63) is 34.8 Å². The van der Waals surface area contributed by atoms with Crippen molar-refractivity contribution in [1.82, 2.24) is 9.88 Å². The van der Waals surface area contributed by atoms with E-state index in [9.17, 15) is 4.79 Å². The van der Waals surface area contributed by atoms with Crippen LogP contribution in [0.3, 0.4) is 0 Å². The van der Waals surface area contributed by atoms with Crippen LogP contribution in [0.25, 0.3) is 0 Å². The van der Waals surface area contributed by atoms with Crippen molar-refractivity contribution in [2.45, 2.75) is 52.6 Å². The summed E-state index contributed by atoms with van der Waals surface area (Å²) >= 11 is 1.43. The molecule has 8 heteroatoms. The second-order valence-electron chi connectivity index (χ2n) is 7.58. The third-order valence-electron chi connectivity index (χ3n) is 4.44. The van der Waals surface area contributed by atoms with Gasteiger partial charge in [0, 0.05) is 30.6 Å². The number of rotatable bonds is 7. The molecular weight excluding hydrogens is 390 g/mol. The molecule has 1 aliphatic heterocycles. The first-order valence-corrected chi connectivity index (χ1v) is 10.7. The van der Waals surface area contributed by atoms with Gasteiger partial charge in [-0.3, -0.25) is 15.0 Å². The fraction of sp³-hybridized carbons (Fsp3) is 0.524. The van der Waals surface area contributed by atoms with Gasteiger partial charge in [-0.1, -0.05) is 0 Å². The van der Waals surface area contributed by atoms with E-state index in [1.165, 1.54) is 11.3 Å². The number of aromatic nitrogens is 1. The van der Waals surface area contributed by atoms with Crippen molar-refractivity contribution in [2.24, 2.45) is 0 Å². The van der Waals surface area contributed by atoms with Crippen molar-refractivity contribution in [3.63, 3.8) is 0 Å². The lowest BCUT2D eigenvalue weighted by molar-refractivity contribution is -0.0707. The molecule has 2 atom stereocenters. The smallest absolute Gasteiger partial charge is 0.257 e. The fourth-order valence-corrected chi connectivity index (χ4v) is 4.11. The molecule has 29 heavy (non-hydrogen) atoms. The Morgan fingerprint density at radius 3 is 2.69 bits per heavy atom. The number of hydrogen-bond acceptors (Lipinski definition) is 7. The molecule has 0 bridgehead atoms. The van der Waals surface area contributed by atoms with Crippen molar-refractivity contribution >= 4 is 22.4 Å². The number of anilines is 1. The van der Waals surface area contributed by atoms with E-state index in [1.54, 1.807) is 25.3 Å². The Kier molecular flexibility index (Phi) is 7.10. The summed E-state index contributed by atoms with van der Waals surface area (Å²) in [6.45, 7) is 10.6. The number of ether oxygens (including phenoxy) is 3. The van der Waals surface area contributed by atoms with E-state index in [4.69, 9.17) is 14.2 Å². The SMILES string of the molecule is COc1cc(C(=O)Nc2nc(CN3C[C@@H](C)O[C@H](C)C3)cs2)ccc1OC(C)C. The summed E-state index contributed by atoms with van der Waals surface area (Å²) in [7, 11) is 1.56. The summed E-state index contributed by atoms with van der Waals surface area (Å²) in [5.74, 6) is 0.917. The topological polar surface area (TPSA) is 72.9 Å². The van der Waals surface area contributed by atoms with Crippen LogP contribution in [0.4, 0.5) is 5.13 Å². The van der Waals surface area contributed by atoms with Crippen molar-refractivity contribution in [2.75, 3.05) is 25.5 Å². The average Bonchev–Trinajstić information content (AvgIpc) is 3.07. The highest BCUT2D eigenvalue weighted by molar-refractivity contribution is 7.13. The number of nitrogens with one attached hydrogen (secondary N) is 1. The van der Waals surface area contributed by atoms with Gasteiger partial charge in [-0.15, -0.1) is 11.3 Å². The number of carbonyl (C=O) groups is 1. The zero-order chi connectivity index (χ0) is 21.0. The molecule has 2 aromatic rings. The van der Waals surface area contributed by atoms with E-state index in [1.807, 2.05) is 19.2 Å². The number of benzene rings is 1. The molecule has 0 aliphatic carbocycles. The van der Waals surface area contributed by atoms with Gasteiger partial charge in [0.25, 0.3) is 5.91 Å². The number of hydrogen-bond donors (Lipinski definition) is 1. The lowest BCUT2D eigenvalue weighted by Gasteiger charge is -2.34. The molecule has 0 saturated carbocycles. The molecule has 0 radical (unpaired) electrons. The van der Waals surface area contributed by atoms with Crippen LogP contribution >= 0.6 is 11.3 Å². The molecule has 1 aromatic heterocycles. The maximum Gasteiger partial charge on any atom is 0.257 e. The number of carbonyl (C=O) groups excluding carboxylic acids is 1. The lowest BCUT2D eigenvalue weighted by atomic mass is 10.2. The molecule has 1 N–H and O–H groups in total. The molecule has 1 amide bonds. The molecule has 1 aromatic carbocycles. The third kappa shape index (κ3) is 5.91. The molecule has 1 aliphatic rings. The summed E-state index contributed by atoms with van der Waals surface area (Å²) in [5.41, 5.74) is 1.44. The van der Waals surface area contributed by atoms with E-state index in [0.717, 1.165) is 25.3 Å². The van der Waals surface area contributed by atoms with Gasteiger partial charge >= 0.3 is 0 Å². The highest BCUT2D eigenvalue weighted by atomic mass is 32.1. The Morgan fingerprint density at radius 1 is 1.31 bits per heavy atom. The Bertz CT molecular complexity index is 829. The standard InChI is InChI=1S/C21H29N3O4S/c1-13(2)27-18-7-6-16(8-19(18)26-5)20(25)23-21-22-17(12-29-21)11-24-9-14(3)28-15(4)10-24/h6-8,12-15H,9-11H2,1-5H3,(H,22,23,25)/t14-,15-/m1/s1. The zero-order valence-electron chi connectivity index (χ0n) is 17.6. The Balaban J connectivity index is 1.62. The molecule has 7 nitrogen and oxygen atoms in total. The Morgan fingerprint density at radius 2 is 2.03 bits per heavy atom. The normalized spacial score (nSPS) is 19.9. The van der Waals surface area contributed by atoms with Crippen LogP contribution in [0.1, 0.15) is 43.7 Å². The van der Waals surface area contributed by atoms with Crippen molar-refractivity contribution in [1.29, 1.82) is 0 Å². The molecule has 1 fully saturated rings. The Hall–Kier alpha value is -2.16. The molecule has 1 saturated heterocycles. The second-order valence-corrected chi connectivity index (χ2v) is 8.44. The van der Waals surface area contributed by atoms with Crippen LogP contribution in [-0.4, -0.2) is 54.3 Å². The van der Waals surface area contributed by atoms with Gasteiger partial charge in [-0.25, -0.2) is 4.98 Å². The predicted molar refractivity (Wildman–Crippen MR) is 114 cm³/mol. The van der Waals surface area contributed by atoms with Gasteiger partial charge in [-0.05, 0) is 45.9 Å². The van der Waals surface area contributed by atoms with E-state index in [0.29, 0.717) is 22.2 Å². The zero-order valence-corrected chi connectivity index (χ0v) is 18.4. The van der Waals surface area contributed by atoms with Crippen LogP contribution < -0.4 is 14.8 Å². The minimum Gasteiger partial charge on any atom is -0.493 e. The minimum atomic E-state index is -0.228. The number of morpholine rings is 1. The van der Waals surface area contributed by atoms with Crippen molar-refractivity contribution < 1.29 is 19.0 Å². The van der Waals surface area contributed by atoms with Crippen molar-refractivity contribution in [3.8, 4) is 11.5 Å². The van der Waals surface area contributed by atoms with Gasteiger partial charge in [0.1, 0.15) is 0 Å². The first kappa shape index (κ1) is 21.5. The number of methoxy groups -OCH3 is 1. The summed E-state index contributed by atoms with van der Waals surface area (Å²) in [6, 6.07) is 5.15. The molecule has 0 spiro atoms. The first-order valence-electron chi connectivity index (χ1n) is 9.82. The molecule has 3 rings (SSSR count). The highest BCUT2D eigenvalue weighted by Crippen LogP contribution is 2.29. The number of amides is 1. The van der Waals surface area contributed by atoms with E-state index >= 15 is 0 Å². The van der Waals surface area contributed by atoms with Gasteiger partial charge in [0.2, 0.25) is 0 Å². The third-order valence-corrected chi connectivity index (χ3v) is 5.25. The van der Waals surface area contributed by atoms with Crippen LogP contribution in [0.15, 0.2) is 23.6 Å². The van der Waals surface area contributed by atoms with Gasteiger partial charge in [0.05, 0.1) is 31.1 Å². The largest absolute Gasteiger partial charge is 0.493 e. The summed E-state index contributed by atoms with van der Waals surface area (Å²) in [6.07, 6.45) is 0.457. The minimum absolute atomic E-state index is 0.0229. The number of thiazole rings is 1. The summed E-state index contributed by atoms with van der Waals surface area (Å²) in [4.78, 5) is 19.5. The summed E-state index contributed by atoms with van der Waals surface area (Å²) in [5, 5.41) is 5.44. The second kappa shape index (κ2) is 9.56. The maximum atomic E-state index is 12.6.